The van der Waals surface area contributed by atoms with Crippen LogP contribution in [0.5, 0.6) is 0 Å². The van der Waals surface area contributed by atoms with Crippen molar-refractivity contribution >= 4 is 17.6 Å². The molecule has 0 fully saturated rings. The van der Waals surface area contributed by atoms with E-state index < -0.39 is 12.1 Å². The van der Waals surface area contributed by atoms with Gasteiger partial charge in [0.25, 0.3) is 5.91 Å². The molecule has 2 aromatic rings. The maximum absolute atomic E-state index is 12.0. The highest BCUT2D eigenvalue weighted by molar-refractivity contribution is 5.97. The molecule has 0 saturated heterocycles. The van der Waals surface area contributed by atoms with Crippen LogP contribution in [0.15, 0.2) is 48.8 Å². The Morgan fingerprint density at radius 1 is 1.24 bits per heavy atom. The van der Waals surface area contributed by atoms with Crippen LogP contribution < -0.4 is 5.32 Å². The van der Waals surface area contributed by atoms with Gasteiger partial charge in [-0.05, 0) is 43.7 Å². The molecule has 0 bridgehead atoms. The molecule has 5 nitrogen and oxygen atoms in total. The quantitative estimate of drug-likeness (QED) is 0.876. The number of nitrogens with one attached hydrogen (secondary N) is 1. The molecular formula is C16H16N2O3. The Kier molecular flexibility index (Phi) is 4.66. The normalized spacial score (nSPS) is 11.5. The standard InChI is InChI=1S/C16H16N2O3/c1-11-5-3-7-14(9-11)18-15(19)12(2)21-16(20)13-6-4-8-17-10-13/h3-10,12H,1-2H3,(H,18,19). The van der Waals surface area contributed by atoms with Crippen molar-refractivity contribution in [1.29, 1.82) is 0 Å². The van der Waals surface area contributed by atoms with E-state index in [4.69, 9.17) is 4.74 Å². The highest BCUT2D eigenvalue weighted by atomic mass is 16.5. The van der Waals surface area contributed by atoms with Crippen molar-refractivity contribution in [3.63, 3.8) is 0 Å². The third kappa shape index (κ3) is 4.14. The van der Waals surface area contributed by atoms with E-state index in [9.17, 15) is 9.59 Å². The van der Waals surface area contributed by atoms with Gasteiger partial charge >= 0.3 is 5.97 Å². The van der Waals surface area contributed by atoms with E-state index >= 15 is 0 Å². The number of carbonyl (C=O) groups excluding carboxylic acids is 2. The first-order valence-corrected chi connectivity index (χ1v) is 6.55. The Morgan fingerprint density at radius 3 is 2.71 bits per heavy atom. The van der Waals surface area contributed by atoms with Crippen molar-refractivity contribution in [1.82, 2.24) is 4.98 Å². The Bertz CT molecular complexity index is 641. The number of esters is 1. The van der Waals surface area contributed by atoms with Gasteiger partial charge in [-0.2, -0.15) is 0 Å². The summed E-state index contributed by atoms with van der Waals surface area (Å²) in [6, 6.07) is 10.6. The first-order chi connectivity index (χ1) is 10.1. The SMILES string of the molecule is Cc1cccc(NC(=O)C(C)OC(=O)c2cccnc2)c1. The third-order valence-corrected chi connectivity index (χ3v) is 2.84. The zero-order valence-corrected chi connectivity index (χ0v) is 11.9. The lowest BCUT2D eigenvalue weighted by Gasteiger charge is -2.13. The predicted molar refractivity (Wildman–Crippen MR) is 78.9 cm³/mol. The lowest BCUT2D eigenvalue weighted by molar-refractivity contribution is -0.123. The minimum atomic E-state index is -0.891. The molecule has 21 heavy (non-hydrogen) atoms. The average molecular weight is 284 g/mol. The number of rotatable bonds is 4. The Labute approximate surface area is 123 Å². The molecule has 0 spiro atoms. The van der Waals surface area contributed by atoms with E-state index in [1.54, 1.807) is 24.4 Å². The van der Waals surface area contributed by atoms with Gasteiger partial charge in [-0.1, -0.05) is 12.1 Å². The van der Waals surface area contributed by atoms with Crippen molar-refractivity contribution in [3.05, 3.63) is 59.9 Å². The molecule has 1 amide bonds. The van der Waals surface area contributed by atoms with Crippen LogP contribution in [0.2, 0.25) is 0 Å². The number of hydrogen-bond acceptors (Lipinski definition) is 4. The van der Waals surface area contributed by atoms with Crippen molar-refractivity contribution in [2.75, 3.05) is 5.32 Å². The van der Waals surface area contributed by atoms with Crippen LogP contribution in [0.4, 0.5) is 5.69 Å². The molecule has 2 rings (SSSR count). The summed E-state index contributed by atoms with van der Waals surface area (Å²) < 4.78 is 5.11. The second-order valence-corrected chi connectivity index (χ2v) is 4.65. The summed E-state index contributed by atoms with van der Waals surface area (Å²) in [6.07, 6.45) is 2.07. The number of anilines is 1. The maximum Gasteiger partial charge on any atom is 0.340 e. The number of amides is 1. The zero-order chi connectivity index (χ0) is 15.2. The molecule has 1 unspecified atom stereocenters. The van der Waals surface area contributed by atoms with Gasteiger partial charge in [0.2, 0.25) is 0 Å². The third-order valence-electron chi connectivity index (χ3n) is 2.84. The van der Waals surface area contributed by atoms with E-state index in [-0.39, 0.29) is 5.91 Å². The first-order valence-electron chi connectivity index (χ1n) is 6.55. The molecule has 108 valence electrons. The monoisotopic (exact) mass is 284 g/mol. The zero-order valence-electron chi connectivity index (χ0n) is 11.9. The molecule has 0 aliphatic heterocycles. The largest absolute Gasteiger partial charge is 0.449 e. The van der Waals surface area contributed by atoms with Crippen molar-refractivity contribution in [3.8, 4) is 0 Å². The van der Waals surface area contributed by atoms with E-state index in [2.05, 4.69) is 10.3 Å². The molecule has 0 saturated carbocycles. The molecule has 0 aliphatic rings. The number of aryl methyl sites for hydroxylation is 1. The lowest BCUT2D eigenvalue weighted by Crippen LogP contribution is -2.30. The average Bonchev–Trinajstić information content (AvgIpc) is 2.48. The number of aromatic nitrogens is 1. The van der Waals surface area contributed by atoms with Gasteiger partial charge in [-0.3, -0.25) is 9.78 Å². The minimum Gasteiger partial charge on any atom is -0.449 e. The van der Waals surface area contributed by atoms with Gasteiger partial charge in [-0.15, -0.1) is 0 Å². The first kappa shape index (κ1) is 14.7. The van der Waals surface area contributed by atoms with Crippen LogP contribution >= 0.6 is 0 Å². The lowest BCUT2D eigenvalue weighted by atomic mass is 10.2. The van der Waals surface area contributed by atoms with Gasteiger partial charge in [0.1, 0.15) is 0 Å². The van der Waals surface area contributed by atoms with E-state index in [1.807, 2.05) is 25.1 Å². The fourth-order valence-electron chi connectivity index (χ4n) is 1.73. The van der Waals surface area contributed by atoms with Crippen molar-refractivity contribution in [2.45, 2.75) is 20.0 Å². The van der Waals surface area contributed by atoms with Crippen LogP contribution in [-0.2, 0) is 9.53 Å². The topological polar surface area (TPSA) is 68.3 Å². The van der Waals surface area contributed by atoms with Gasteiger partial charge in [-0.25, -0.2) is 4.79 Å². The van der Waals surface area contributed by atoms with E-state index in [0.29, 0.717) is 11.3 Å². The second-order valence-electron chi connectivity index (χ2n) is 4.65. The Morgan fingerprint density at radius 2 is 2.05 bits per heavy atom. The summed E-state index contributed by atoms with van der Waals surface area (Å²) in [5, 5.41) is 2.71. The molecule has 1 N–H and O–H groups in total. The number of hydrogen-bond donors (Lipinski definition) is 1. The molecule has 5 heteroatoms. The minimum absolute atomic E-state index is 0.313. The summed E-state index contributed by atoms with van der Waals surface area (Å²) in [7, 11) is 0. The summed E-state index contributed by atoms with van der Waals surface area (Å²) >= 11 is 0. The molecule has 1 aromatic heterocycles. The maximum atomic E-state index is 12.0. The van der Waals surface area contributed by atoms with Crippen molar-refractivity contribution < 1.29 is 14.3 Å². The number of benzene rings is 1. The highest BCUT2D eigenvalue weighted by Gasteiger charge is 2.19. The van der Waals surface area contributed by atoms with E-state index in [0.717, 1.165) is 5.56 Å². The molecule has 1 atom stereocenters. The fraction of sp³-hybridized carbons (Fsp3) is 0.188. The van der Waals surface area contributed by atoms with Crippen LogP contribution in [0.3, 0.4) is 0 Å². The smallest absolute Gasteiger partial charge is 0.340 e. The van der Waals surface area contributed by atoms with Crippen molar-refractivity contribution in [2.24, 2.45) is 0 Å². The van der Waals surface area contributed by atoms with Gasteiger partial charge in [0, 0.05) is 18.1 Å². The van der Waals surface area contributed by atoms with Crippen LogP contribution in [0.1, 0.15) is 22.8 Å². The number of nitrogens with zero attached hydrogens (tertiary/aromatic N) is 1. The fourth-order valence-corrected chi connectivity index (χ4v) is 1.73. The number of carbonyl (C=O) groups is 2. The van der Waals surface area contributed by atoms with Crippen LogP contribution in [0, 0.1) is 6.92 Å². The molecular weight excluding hydrogens is 268 g/mol. The number of ether oxygens (including phenoxy) is 1. The highest BCUT2D eigenvalue weighted by Crippen LogP contribution is 2.11. The Hall–Kier alpha value is -2.69. The van der Waals surface area contributed by atoms with Crippen LogP contribution in [0.25, 0.3) is 0 Å². The Balaban J connectivity index is 1.95. The summed E-state index contributed by atoms with van der Waals surface area (Å²) in [5.41, 5.74) is 2.02. The molecule has 1 heterocycles. The molecule has 1 aromatic carbocycles. The van der Waals surface area contributed by atoms with Gasteiger partial charge in [0.05, 0.1) is 5.56 Å². The predicted octanol–water partition coefficient (Wildman–Crippen LogP) is 2.57. The summed E-state index contributed by atoms with van der Waals surface area (Å²) in [5.74, 6) is -0.951. The summed E-state index contributed by atoms with van der Waals surface area (Å²) in [4.78, 5) is 27.6. The van der Waals surface area contributed by atoms with Crippen LogP contribution in [-0.4, -0.2) is 23.0 Å². The molecule has 0 radical (unpaired) electrons. The van der Waals surface area contributed by atoms with Gasteiger partial charge < -0.3 is 10.1 Å². The number of pyridine rings is 1. The molecule has 0 aliphatic carbocycles. The van der Waals surface area contributed by atoms with E-state index in [1.165, 1.54) is 13.1 Å². The summed E-state index contributed by atoms with van der Waals surface area (Å²) in [6.45, 7) is 3.46. The van der Waals surface area contributed by atoms with Gasteiger partial charge in [0.15, 0.2) is 6.10 Å². The second kappa shape index (κ2) is 6.65.